The van der Waals surface area contributed by atoms with Gasteiger partial charge >= 0.3 is 6.09 Å². The highest BCUT2D eigenvalue weighted by Gasteiger charge is 2.26. The molecular formula is C27H35N3O2. The van der Waals surface area contributed by atoms with Crippen LogP contribution in [0, 0.1) is 0 Å². The van der Waals surface area contributed by atoms with Crippen molar-refractivity contribution in [1.29, 1.82) is 0 Å². The highest BCUT2D eigenvalue weighted by Crippen LogP contribution is 2.28. The van der Waals surface area contributed by atoms with Gasteiger partial charge in [-0.05, 0) is 54.5 Å². The average Bonchev–Trinajstić information content (AvgIpc) is 3.30. The number of hydrogen-bond acceptors (Lipinski definition) is 4. The summed E-state index contributed by atoms with van der Waals surface area (Å²) < 4.78 is 5.51. The third kappa shape index (κ3) is 4.93. The fourth-order valence-electron chi connectivity index (χ4n) is 5.52. The van der Waals surface area contributed by atoms with Gasteiger partial charge in [-0.1, -0.05) is 49.2 Å². The number of rotatable bonds is 4. The average molecular weight is 434 g/mol. The molecule has 1 saturated heterocycles. The minimum atomic E-state index is -0.206. The fraction of sp³-hybridized carbons (Fsp3) is 0.519. The summed E-state index contributed by atoms with van der Waals surface area (Å²) in [6, 6.07) is 17.7. The van der Waals surface area contributed by atoms with Gasteiger partial charge in [0.2, 0.25) is 0 Å². The highest BCUT2D eigenvalue weighted by atomic mass is 16.6. The summed E-state index contributed by atoms with van der Waals surface area (Å²) in [5.41, 5.74) is 5.37. The van der Waals surface area contributed by atoms with Crippen LogP contribution in [0.25, 0.3) is 0 Å². The number of carbonyl (C=O) groups excluding carboxylic acids is 1. The molecule has 3 aliphatic rings. The van der Waals surface area contributed by atoms with E-state index < -0.39 is 0 Å². The summed E-state index contributed by atoms with van der Waals surface area (Å²) in [6.45, 7) is 5.87. The molecule has 1 saturated carbocycles. The SMILES string of the molecule is O=C(OCc1ccccc1)N1CCN(c2ccc3c(c2)CCN(C2CCCC2)CC3)CC1. The van der Waals surface area contributed by atoms with E-state index in [0.29, 0.717) is 19.7 Å². The van der Waals surface area contributed by atoms with E-state index in [-0.39, 0.29) is 6.09 Å². The van der Waals surface area contributed by atoms with Crippen molar-refractivity contribution in [2.75, 3.05) is 44.2 Å². The van der Waals surface area contributed by atoms with E-state index >= 15 is 0 Å². The molecule has 1 amide bonds. The Bertz CT molecular complexity index is 902. The van der Waals surface area contributed by atoms with Crippen molar-refractivity contribution in [2.24, 2.45) is 0 Å². The second-order valence-corrected chi connectivity index (χ2v) is 9.44. The molecule has 0 unspecified atom stereocenters. The van der Waals surface area contributed by atoms with Gasteiger partial charge in [0.05, 0.1) is 0 Å². The maximum atomic E-state index is 12.5. The topological polar surface area (TPSA) is 36.0 Å². The van der Waals surface area contributed by atoms with Gasteiger partial charge in [0.25, 0.3) is 0 Å². The molecule has 2 aliphatic heterocycles. The lowest BCUT2D eigenvalue weighted by Crippen LogP contribution is -2.49. The van der Waals surface area contributed by atoms with Crippen LogP contribution in [0.4, 0.5) is 10.5 Å². The van der Waals surface area contributed by atoms with Crippen molar-refractivity contribution >= 4 is 11.8 Å². The zero-order valence-corrected chi connectivity index (χ0v) is 19.0. The molecule has 5 rings (SSSR count). The van der Waals surface area contributed by atoms with E-state index in [1.807, 2.05) is 35.2 Å². The van der Waals surface area contributed by atoms with Gasteiger partial charge in [0, 0.05) is 51.0 Å². The largest absolute Gasteiger partial charge is 0.445 e. The first kappa shape index (κ1) is 21.3. The third-order valence-corrected chi connectivity index (χ3v) is 7.48. The van der Waals surface area contributed by atoms with Crippen molar-refractivity contribution in [3.8, 4) is 0 Å². The van der Waals surface area contributed by atoms with E-state index in [4.69, 9.17) is 4.74 Å². The van der Waals surface area contributed by atoms with E-state index in [1.54, 1.807) is 0 Å². The third-order valence-electron chi connectivity index (χ3n) is 7.48. The van der Waals surface area contributed by atoms with Crippen molar-refractivity contribution in [3.05, 3.63) is 65.2 Å². The summed E-state index contributed by atoms with van der Waals surface area (Å²) in [5, 5.41) is 0. The smallest absolute Gasteiger partial charge is 0.410 e. The van der Waals surface area contributed by atoms with Gasteiger partial charge in [-0.2, -0.15) is 0 Å². The molecule has 5 nitrogen and oxygen atoms in total. The summed E-state index contributed by atoms with van der Waals surface area (Å²) in [5.74, 6) is 0. The van der Waals surface area contributed by atoms with E-state index in [9.17, 15) is 4.79 Å². The van der Waals surface area contributed by atoms with Crippen LogP contribution in [0.5, 0.6) is 0 Å². The Balaban J connectivity index is 1.14. The zero-order chi connectivity index (χ0) is 21.8. The number of benzene rings is 2. The van der Waals surface area contributed by atoms with Crippen LogP contribution in [-0.4, -0.2) is 61.2 Å². The first-order valence-electron chi connectivity index (χ1n) is 12.3. The Labute approximate surface area is 191 Å². The molecule has 2 heterocycles. The number of ether oxygens (including phenoxy) is 1. The van der Waals surface area contributed by atoms with E-state index in [2.05, 4.69) is 28.0 Å². The van der Waals surface area contributed by atoms with Gasteiger partial charge < -0.3 is 14.5 Å². The highest BCUT2D eigenvalue weighted by molar-refractivity contribution is 5.68. The lowest BCUT2D eigenvalue weighted by molar-refractivity contribution is 0.0942. The molecule has 0 radical (unpaired) electrons. The van der Waals surface area contributed by atoms with Crippen molar-refractivity contribution in [1.82, 2.24) is 9.80 Å². The minimum Gasteiger partial charge on any atom is -0.445 e. The summed E-state index contributed by atoms with van der Waals surface area (Å²) in [4.78, 5) is 19.5. The molecule has 0 atom stereocenters. The zero-order valence-electron chi connectivity index (χ0n) is 19.0. The Morgan fingerprint density at radius 1 is 0.844 bits per heavy atom. The van der Waals surface area contributed by atoms with Crippen LogP contribution in [-0.2, 0) is 24.2 Å². The van der Waals surface area contributed by atoms with Gasteiger partial charge in [-0.3, -0.25) is 4.90 Å². The maximum Gasteiger partial charge on any atom is 0.410 e. The fourth-order valence-corrected chi connectivity index (χ4v) is 5.52. The van der Waals surface area contributed by atoms with Crippen LogP contribution >= 0.6 is 0 Å². The molecule has 0 N–H and O–H groups in total. The van der Waals surface area contributed by atoms with Gasteiger partial charge in [0.15, 0.2) is 0 Å². The number of carbonyl (C=O) groups is 1. The molecule has 2 aromatic carbocycles. The predicted molar refractivity (Wildman–Crippen MR) is 128 cm³/mol. The second-order valence-electron chi connectivity index (χ2n) is 9.44. The Hall–Kier alpha value is -2.53. The monoisotopic (exact) mass is 433 g/mol. The molecule has 5 heteroatoms. The standard InChI is InChI=1S/C27H35N3O2/c31-27(32-21-22-6-2-1-3-7-22)30-18-16-29(17-19-30)26-11-10-23-12-14-28(15-13-24(23)20-26)25-8-4-5-9-25/h1-3,6-7,10-11,20,25H,4-5,8-9,12-19,21H2. The van der Waals surface area contributed by atoms with Crippen LogP contribution in [0.3, 0.4) is 0 Å². The molecule has 1 aliphatic carbocycles. The first-order valence-corrected chi connectivity index (χ1v) is 12.3. The van der Waals surface area contributed by atoms with E-state index in [0.717, 1.165) is 31.1 Å². The van der Waals surface area contributed by atoms with Gasteiger partial charge in [-0.15, -0.1) is 0 Å². The normalized spacial score (nSPS) is 20.1. The van der Waals surface area contributed by atoms with Crippen molar-refractivity contribution < 1.29 is 9.53 Å². The number of anilines is 1. The minimum absolute atomic E-state index is 0.206. The quantitative estimate of drug-likeness (QED) is 0.712. The number of fused-ring (bicyclic) bond motifs is 1. The predicted octanol–water partition coefficient (Wildman–Crippen LogP) is 4.49. The molecule has 0 bridgehead atoms. The van der Waals surface area contributed by atoms with Crippen LogP contribution in [0.15, 0.2) is 48.5 Å². The van der Waals surface area contributed by atoms with Gasteiger partial charge in [0.1, 0.15) is 6.61 Å². The van der Waals surface area contributed by atoms with E-state index in [1.165, 1.54) is 62.0 Å². The summed E-state index contributed by atoms with van der Waals surface area (Å²) in [6.07, 6.45) is 7.72. The molecule has 2 fully saturated rings. The molecule has 32 heavy (non-hydrogen) atoms. The summed E-state index contributed by atoms with van der Waals surface area (Å²) >= 11 is 0. The van der Waals surface area contributed by atoms with Gasteiger partial charge in [-0.25, -0.2) is 4.79 Å². The second kappa shape index (κ2) is 9.95. The number of piperazine rings is 1. The summed E-state index contributed by atoms with van der Waals surface area (Å²) in [7, 11) is 0. The van der Waals surface area contributed by atoms with Crippen molar-refractivity contribution in [3.63, 3.8) is 0 Å². The Morgan fingerprint density at radius 2 is 1.56 bits per heavy atom. The number of nitrogens with zero attached hydrogens (tertiary/aromatic N) is 3. The lowest BCUT2D eigenvalue weighted by Gasteiger charge is -2.35. The molecule has 170 valence electrons. The number of hydrogen-bond donors (Lipinski definition) is 0. The Kier molecular flexibility index (Phi) is 6.63. The maximum absolute atomic E-state index is 12.5. The van der Waals surface area contributed by atoms with Crippen LogP contribution < -0.4 is 4.90 Å². The molecule has 2 aromatic rings. The lowest BCUT2D eigenvalue weighted by atomic mass is 10.0. The molecule has 0 aromatic heterocycles. The molecular weight excluding hydrogens is 398 g/mol. The van der Waals surface area contributed by atoms with Crippen molar-refractivity contribution in [2.45, 2.75) is 51.2 Å². The first-order chi connectivity index (χ1) is 15.8. The van der Waals surface area contributed by atoms with Crippen LogP contribution in [0.2, 0.25) is 0 Å². The van der Waals surface area contributed by atoms with Crippen LogP contribution in [0.1, 0.15) is 42.4 Å². The Morgan fingerprint density at radius 3 is 2.31 bits per heavy atom. The number of amides is 1. The molecule has 0 spiro atoms.